The Kier molecular flexibility index (Phi) is 7.27. The quantitative estimate of drug-likeness (QED) is 0.797. The third kappa shape index (κ3) is 5.53. The van der Waals surface area contributed by atoms with Gasteiger partial charge < -0.3 is 15.0 Å². The van der Waals surface area contributed by atoms with E-state index < -0.39 is 0 Å². The predicted octanol–water partition coefficient (Wildman–Crippen LogP) is 2.37. The summed E-state index contributed by atoms with van der Waals surface area (Å²) in [5.74, 6) is 1.11. The highest BCUT2D eigenvalue weighted by Gasteiger charge is 2.36. The lowest BCUT2D eigenvalue weighted by Gasteiger charge is -2.45. The first-order valence-electron chi connectivity index (χ1n) is 10.4. The molecule has 27 heavy (non-hydrogen) atoms. The van der Waals surface area contributed by atoms with Crippen LogP contribution < -0.4 is 5.32 Å². The van der Waals surface area contributed by atoms with Crippen molar-refractivity contribution in [1.29, 1.82) is 0 Å². The Hall–Kier alpha value is -1.43. The van der Waals surface area contributed by atoms with E-state index in [2.05, 4.69) is 54.4 Å². The van der Waals surface area contributed by atoms with Crippen molar-refractivity contribution in [2.75, 3.05) is 39.8 Å². The molecule has 2 fully saturated rings. The molecule has 1 N–H and O–H groups in total. The molecular weight excluding hydrogens is 338 g/mol. The maximum Gasteiger partial charge on any atom is 0.236 e. The van der Waals surface area contributed by atoms with Crippen molar-refractivity contribution in [1.82, 2.24) is 15.1 Å². The van der Waals surface area contributed by atoms with Gasteiger partial charge in [0, 0.05) is 45.9 Å². The summed E-state index contributed by atoms with van der Waals surface area (Å²) in [6.45, 7) is 9.65. The first kappa shape index (κ1) is 20.3. The fourth-order valence-electron chi connectivity index (χ4n) is 4.84. The van der Waals surface area contributed by atoms with Gasteiger partial charge in [-0.25, -0.2) is 0 Å². The number of nitrogens with zero attached hydrogens (tertiary/aromatic N) is 2. The Bertz CT molecular complexity index is 576. The monoisotopic (exact) mass is 373 g/mol. The lowest BCUT2D eigenvalue weighted by molar-refractivity contribution is -0.134. The van der Waals surface area contributed by atoms with Gasteiger partial charge in [0.15, 0.2) is 0 Å². The fraction of sp³-hybridized carbons (Fsp3) is 0.682. The highest BCUT2D eigenvalue weighted by atomic mass is 16.5. The van der Waals surface area contributed by atoms with E-state index in [-0.39, 0.29) is 12.0 Å². The summed E-state index contributed by atoms with van der Waals surface area (Å²) in [6.07, 6.45) is 2.52. The van der Waals surface area contributed by atoms with E-state index in [9.17, 15) is 4.79 Å². The average Bonchev–Trinajstić information content (AvgIpc) is 3.15. The van der Waals surface area contributed by atoms with Gasteiger partial charge in [-0.15, -0.1) is 0 Å². The Balaban J connectivity index is 1.47. The van der Waals surface area contributed by atoms with E-state index in [0.717, 1.165) is 45.6 Å². The summed E-state index contributed by atoms with van der Waals surface area (Å²) >= 11 is 0. The molecule has 2 aliphatic rings. The van der Waals surface area contributed by atoms with Gasteiger partial charge >= 0.3 is 0 Å². The second-order valence-corrected chi connectivity index (χ2v) is 8.40. The molecule has 0 aromatic heterocycles. The van der Waals surface area contributed by atoms with E-state index in [1.54, 1.807) is 0 Å². The minimum Gasteiger partial charge on any atom is -0.377 e. The zero-order valence-corrected chi connectivity index (χ0v) is 17.1. The van der Waals surface area contributed by atoms with Gasteiger partial charge in [-0.1, -0.05) is 44.2 Å². The SMILES string of the molecule is CC1CN(Cc2ccccc2)CC(C)C1N(C)C(=O)CNCC1CCCO1. The predicted molar refractivity (Wildman–Crippen MR) is 108 cm³/mol. The second-order valence-electron chi connectivity index (χ2n) is 8.40. The van der Waals surface area contributed by atoms with Crippen LogP contribution in [0, 0.1) is 11.8 Å². The van der Waals surface area contributed by atoms with Crippen LogP contribution in [0.3, 0.4) is 0 Å². The van der Waals surface area contributed by atoms with Crippen LogP contribution in [0.4, 0.5) is 0 Å². The van der Waals surface area contributed by atoms with Gasteiger partial charge in [0.2, 0.25) is 5.91 Å². The number of likely N-dealkylation sites (N-methyl/N-ethyl adjacent to an activating group) is 1. The molecule has 0 spiro atoms. The molecule has 3 atom stereocenters. The number of carbonyl (C=O) groups excluding carboxylic acids is 1. The van der Waals surface area contributed by atoms with Gasteiger partial charge in [0.25, 0.3) is 0 Å². The normalized spacial score (nSPS) is 29.0. The van der Waals surface area contributed by atoms with Gasteiger partial charge in [-0.05, 0) is 30.2 Å². The van der Waals surface area contributed by atoms with Crippen LogP contribution in [0.25, 0.3) is 0 Å². The summed E-state index contributed by atoms with van der Waals surface area (Å²) in [5, 5.41) is 3.29. The van der Waals surface area contributed by atoms with E-state index >= 15 is 0 Å². The summed E-state index contributed by atoms with van der Waals surface area (Å²) in [6, 6.07) is 11.0. The van der Waals surface area contributed by atoms with Crippen molar-refractivity contribution in [2.24, 2.45) is 11.8 Å². The van der Waals surface area contributed by atoms with E-state index in [1.165, 1.54) is 5.56 Å². The number of ether oxygens (including phenoxy) is 1. The van der Waals surface area contributed by atoms with Crippen molar-refractivity contribution in [2.45, 2.75) is 45.4 Å². The van der Waals surface area contributed by atoms with Gasteiger partial charge in [0.1, 0.15) is 0 Å². The second kappa shape index (κ2) is 9.67. The molecule has 1 aromatic rings. The van der Waals surface area contributed by atoms with Crippen LogP contribution in [-0.2, 0) is 16.1 Å². The summed E-state index contributed by atoms with van der Waals surface area (Å²) in [5.41, 5.74) is 1.36. The molecule has 1 aromatic carbocycles. The van der Waals surface area contributed by atoms with Crippen LogP contribution in [-0.4, -0.2) is 67.7 Å². The van der Waals surface area contributed by atoms with Gasteiger partial charge in [-0.2, -0.15) is 0 Å². The average molecular weight is 374 g/mol. The lowest BCUT2D eigenvalue weighted by atomic mass is 9.84. The minimum atomic E-state index is 0.188. The van der Waals surface area contributed by atoms with Crippen molar-refractivity contribution in [3.8, 4) is 0 Å². The van der Waals surface area contributed by atoms with Crippen LogP contribution >= 0.6 is 0 Å². The summed E-state index contributed by atoms with van der Waals surface area (Å²) < 4.78 is 5.61. The third-order valence-corrected chi connectivity index (χ3v) is 6.02. The number of amides is 1. The molecule has 5 nitrogen and oxygen atoms in total. The van der Waals surface area contributed by atoms with Crippen molar-refractivity contribution < 1.29 is 9.53 Å². The number of carbonyl (C=O) groups is 1. The highest BCUT2D eigenvalue weighted by molar-refractivity contribution is 5.78. The molecule has 0 aliphatic carbocycles. The lowest BCUT2D eigenvalue weighted by Crippen LogP contribution is -2.56. The fourth-order valence-corrected chi connectivity index (χ4v) is 4.84. The van der Waals surface area contributed by atoms with Gasteiger partial charge in [0.05, 0.1) is 12.6 Å². The van der Waals surface area contributed by atoms with Crippen molar-refractivity contribution in [3.63, 3.8) is 0 Å². The zero-order valence-electron chi connectivity index (χ0n) is 17.1. The Labute approximate surface area is 164 Å². The summed E-state index contributed by atoms with van der Waals surface area (Å²) in [7, 11) is 1.97. The molecule has 0 radical (unpaired) electrons. The van der Waals surface area contributed by atoms with E-state index in [1.807, 2.05) is 11.9 Å². The zero-order chi connectivity index (χ0) is 19.2. The number of benzene rings is 1. The highest BCUT2D eigenvalue weighted by Crippen LogP contribution is 2.27. The standard InChI is InChI=1S/C22H35N3O2/c1-17-14-25(16-19-8-5-4-6-9-19)15-18(2)22(17)24(3)21(26)13-23-12-20-10-7-11-27-20/h4-6,8-9,17-18,20,22-23H,7,10-16H2,1-3H3. The third-order valence-electron chi connectivity index (χ3n) is 6.02. The molecule has 3 rings (SSSR count). The Morgan fingerprint density at radius 1 is 1.22 bits per heavy atom. The number of piperidine rings is 1. The van der Waals surface area contributed by atoms with Crippen LogP contribution in [0.1, 0.15) is 32.3 Å². The number of likely N-dealkylation sites (tertiary alicyclic amines) is 1. The number of hydrogen-bond donors (Lipinski definition) is 1. The smallest absolute Gasteiger partial charge is 0.236 e. The van der Waals surface area contributed by atoms with Crippen LogP contribution in [0.5, 0.6) is 0 Å². The Morgan fingerprint density at radius 3 is 2.56 bits per heavy atom. The molecule has 5 heteroatoms. The van der Waals surface area contributed by atoms with Crippen LogP contribution in [0.15, 0.2) is 30.3 Å². The van der Waals surface area contributed by atoms with E-state index in [0.29, 0.717) is 24.4 Å². The maximum atomic E-state index is 12.7. The molecule has 2 saturated heterocycles. The molecule has 1 amide bonds. The molecule has 0 bridgehead atoms. The van der Waals surface area contributed by atoms with Crippen molar-refractivity contribution >= 4 is 5.91 Å². The van der Waals surface area contributed by atoms with Crippen LogP contribution in [0.2, 0.25) is 0 Å². The number of hydrogen-bond acceptors (Lipinski definition) is 4. The number of rotatable bonds is 7. The molecule has 150 valence electrons. The van der Waals surface area contributed by atoms with E-state index in [4.69, 9.17) is 4.74 Å². The van der Waals surface area contributed by atoms with Crippen molar-refractivity contribution in [3.05, 3.63) is 35.9 Å². The topological polar surface area (TPSA) is 44.8 Å². The molecule has 2 heterocycles. The molecule has 2 aliphatic heterocycles. The summed E-state index contributed by atoms with van der Waals surface area (Å²) in [4.78, 5) is 17.2. The number of nitrogens with one attached hydrogen (secondary N) is 1. The molecule has 3 unspecified atom stereocenters. The Morgan fingerprint density at radius 2 is 1.93 bits per heavy atom. The molecular formula is C22H35N3O2. The van der Waals surface area contributed by atoms with Gasteiger partial charge in [-0.3, -0.25) is 9.69 Å². The molecule has 0 saturated carbocycles. The maximum absolute atomic E-state index is 12.7. The first-order chi connectivity index (χ1) is 13.0. The first-order valence-corrected chi connectivity index (χ1v) is 10.4. The minimum absolute atomic E-state index is 0.188. The largest absolute Gasteiger partial charge is 0.377 e.